The number of nitrogens with zero attached hydrogens (tertiary/aromatic N) is 1. The molecule has 1 N–H and O–H groups in total. The van der Waals surface area contributed by atoms with Gasteiger partial charge in [-0.25, -0.2) is 4.39 Å². The molecule has 0 aliphatic carbocycles. The summed E-state index contributed by atoms with van der Waals surface area (Å²) in [6, 6.07) is 6.91. The zero-order valence-corrected chi connectivity index (χ0v) is 12.8. The predicted molar refractivity (Wildman–Crippen MR) is 78.9 cm³/mol. The van der Waals surface area contributed by atoms with Crippen molar-refractivity contribution in [1.82, 2.24) is 4.98 Å². The number of nitrogens with one attached hydrogen (secondary N) is 1. The first kappa shape index (κ1) is 16.8. The minimum absolute atomic E-state index is 0.300. The van der Waals surface area contributed by atoms with Crippen LogP contribution in [0.2, 0.25) is 0 Å². The molecule has 1 aromatic carbocycles. The maximum atomic E-state index is 13.5. The molecule has 4 nitrogen and oxygen atoms in total. The quantitative estimate of drug-likeness (QED) is 0.871. The maximum Gasteiger partial charge on any atom is 0.258 e. The summed E-state index contributed by atoms with van der Waals surface area (Å²) >= 11 is 0. The van der Waals surface area contributed by atoms with Gasteiger partial charge < -0.3 is 10.1 Å². The van der Waals surface area contributed by atoms with Crippen LogP contribution in [0.1, 0.15) is 31.1 Å². The van der Waals surface area contributed by atoms with E-state index in [0.717, 1.165) is 0 Å². The highest BCUT2D eigenvalue weighted by atomic mass is 19.2. The van der Waals surface area contributed by atoms with Crippen LogP contribution in [0.15, 0.2) is 30.3 Å². The molecule has 0 atom stereocenters. The number of halogens is 3. The summed E-state index contributed by atoms with van der Waals surface area (Å²) in [6.07, 6.45) is 0. The Morgan fingerprint density at radius 3 is 2.52 bits per heavy atom. The molecule has 23 heavy (non-hydrogen) atoms. The summed E-state index contributed by atoms with van der Waals surface area (Å²) in [7, 11) is 0. The Kier molecular flexibility index (Phi) is 4.58. The monoisotopic (exact) mass is 324 g/mol. The van der Waals surface area contributed by atoms with Crippen molar-refractivity contribution in [2.45, 2.75) is 26.4 Å². The van der Waals surface area contributed by atoms with Gasteiger partial charge in [-0.05, 0) is 32.9 Å². The van der Waals surface area contributed by atoms with Crippen LogP contribution in [0.25, 0.3) is 0 Å². The Balaban J connectivity index is 2.23. The Bertz CT molecular complexity index is 743. The molecule has 1 amide bonds. The van der Waals surface area contributed by atoms with Crippen LogP contribution < -0.4 is 10.1 Å². The molecule has 0 spiro atoms. The molecule has 0 saturated heterocycles. The number of anilines is 1. The highest BCUT2D eigenvalue weighted by molar-refractivity contribution is 6.04. The number of rotatable bonds is 3. The van der Waals surface area contributed by atoms with Crippen LogP contribution in [0, 0.1) is 17.7 Å². The molecule has 1 aromatic heterocycles. The average molecular weight is 324 g/mol. The first-order chi connectivity index (χ1) is 10.7. The molecule has 2 rings (SSSR count). The number of ether oxygens (including phenoxy) is 1. The van der Waals surface area contributed by atoms with Crippen molar-refractivity contribution in [2.24, 2.45) is 0 Å². The molecule has 0 saturated carbocycles. The van der Waals surface area contributed by atoms with Gasteiger partial charge in [0, 0.05) is 17.8 Å². The van der Waals surface area contributed by atoms with Crippen LogP contribution in [0.5, 0.6) is 5.75 Å². The number of pyridine rings is 1. The Labute approximate surface area is 131 Å². The molecule has 2 aromatic rings. The van der Waals surface area contributed by atoms with E-state index in [1.165, 1.54) is 6.07 Å². The van der Waals surface area contributed by atoms with Crippen molar-refractivity contribution in [3.05, 3.63) is 53.6 Å². The Morgan fingerprint density at radius 1 is 1.17 bits per heavy atom. The highest BCUT2D eigenvalue weighted by Gasteiger charge is 2.19. The van der Waals surface area contributed by atoms with Crippen molar-refractivity contribution in [3.63, 3.8) is 0 Å². The van der Waals surface area contributed by atoms with Gasteiger partial charge in [0.05, 0.1) is 5.56 Å². The van der Waals surface area contributed by atoms with E-state index in [1.807, 2.05) is 20.8 Å². The number of carbonyl (C=O) groups excluding carboxylic acids is 1. The van der Waals surface area contributed by atoms with Crippen LogP contribution in [-0.2, 0) is 0 Å². The molecule has 0 unspecified atom stereocenters. The lowest BCUT2D eigenvalue weighted by Gasteiger charge is -2.21. The van der Waals surface area contributed by atoms with Crippen LogP contribution in [0.3, 0.4) is 0 Å². The molecule has 7 heteroatoms. The predicted octanol–water partition coefficient (Wildman–Crippen LogP) is 3.93. The minimum Gasteiger partial charge on any atom is -0.488 e. The zero-order valence-electron chi connectivity index (χ0n) is 12.8. The largest absolute Gasteiger partial charge is 0.488 e. The second-order valence-corrected chi connectivity index (χ2v) is 5.79. The van der Waals surface area contributed by atoms with Crippen molar-refractivity contribution >= 4 is 11.6 Å². The Hall–Kier alpha value is -2.57. The zero-order chi connectivity index (χ0) is 17.2. The number of benzene rings is 1. The van der Waals surface area contributed by atoms with Gasteiger partial charge in [-0.2, -0.15) is 13.8 Å². The summed E-state index contributed by atoms with van der Waals surface area (Å²) in [5, 5.41) is 2.36. The van der Waals surface area contributed by atoms with E-state index in [1.54, 1.807) is 18.2 Å². The van der Waals surface area contributed by atoms with E-state index in [-0.39, 0.29) is 0 Å². The summed E-state index contributed by atoms with van der Waals surface area (Å²) in [4.78, 5) is 14.7. The third-order valence-corrected chi connectivity index (χ3v) is 2.65. The standard InChI is InChI=1S/C16H15F3N2O2/c1-16(2,3)23-10-6-4-5-9(7-10)20-15(22)11-8-12(17)21-14(19)13(11)18/h4-8H,1-3H3,(H,20,22). The van der Waals surface area contributed by atoms with Gasteiger partial charge in [0.25, 0.3) is 11.9 Å². The molecule has 0 radical (unpaired) electrons. The number of hydrogen-bond donors (Lipinski definition) is 1. The fraction of sp³-hybridized carbons (Fsp3) is 0.250. The molecule has 0 aliphatic rings. The smallest absolute Gasteiger partial charge is 0.258 e. The van der Waals surface area contributed by atoms with Gasteiger partial charge in [0.1, 0.15) is 11.4 Å². The molecule has 0 aliphatic heterocycles. The highest BCUT2D eigenvalue weighted by Crippen LogP contribution is 2.22. The minimum atomic E-state index is -1.67. The lowest BCUT2D eigenvalue weighted by Crippen LogP contribution is -2.23. The summed E-state index contributed by atoms with van der Waals surface area (Å²) < 4.78 is 45.3. The van der Waals surface area contributed by atoms with Gasteiger partial charge in [-0.3, -0.25) is 4.79 Å². The van der Waals surface area contributed by atoms with Crippen LogP contribution in [0.4, 0.5) is 18.9 Å². The first-order valence-electron chi connectivity index (χ1n) is 6.78. The summed E-state index contributed by atoms with van der Waals surface area (Å²) in [5.41, 5.74) is -0.905. The van der Waals surface area contributed by atoms with Gasteiger partial charge in [-0.1, -0.05) is 6.07 Å². The number of amides is 1. The van der Waals surface area contributed by atoms with E-state index in [2.05, 4.69) is 10.3 Å². The molecule has 0 fully saturated rings. The summed E-state index contributed by atoms with van der Waals surface area (Å²) in [6.45, 7) is 5.57. The molecular weight excluding hydrogens is 309 g/mol. The van der Waals surface area contributed by atoms with Gasteiger partial charge in [-0.15, -0.1) is 0 Å². The fourth-order valence-corrected chi connectivity index (χ4v) is 1.82. The van der Waals surface area contributed by atoms with Gasteiger partial charge in [0.2, 0.25) is 5.95 Å². The maximum absolute atomic E-state index is 13.5. The van der Waals surface area contributed by atoms with Crippen molar-refractivity contribution in [3.8, 4) is 5.75 Å². The second kappa shape index (κ2) is 6.28. The second-order valence-electron chi connectivity index (χ2n) is 5.79. The third kappa shape index (κ3) is 4.45. The van der Waals surface area contributed by atoms with E-state index in [4.69, 9.17) is 4.74 Å². The number of hydrogen-bond acceptors (Lipinski definition) is 3. The van der Waals surface area contributed by atoms with Gasteiger partial charge in [0.15, 0.2) is 5.82 Å². The third-order valence-electron chi connectivity index (χ3n) is 2.65. The number of aromatic nitrogens is 1. The van der Waals surface area contributed by atoms with E-state index in [9.17, 15) is 18.0 Å². The molecular formula is C16H15F3N2O2. The topological polar surface area (TPSA) is 51.2 Å². The van der Waals surface area contributed by atoms with Crippen molar-refractivity contribution in [1.29, 1.82) is 0 Å². The van der Waals surface area contributed by atoms with E-state index in [0.29, 0.717) is 17.5 Å². The van der Waals surface area contributed by atoms with E-state index >= 15 is 0 Å². The first-order valence-corrected chi connectivity index (χ1v) is 6.78. The van der Waals surface area contributed by atoms with Crippen LogP contribution in [-0.4, -0.2) is 16.5 Å². The number of carbonyl (C=O) groups is 1. The lowest BCUT2D eigenvalue weighted by atomic mass is 10.2. The van der Waals surface area contributed by atoms with Crippen LogP contribution >= 0.6 is 0 Å². The normalized spacial score (nSPS) is 11.2. The fourth-order valence-electron chi connectivity index (χ4n) is 1.82. The lowest BCUT2D eigenvalue weighted by molar-refractivity contribution is 0.102. The van der Waals surface area contributed by atoms with Gasteiger partial charge >= 0.3 is 0 Å². The molecule has 1 heterocycles. The molecule has 122 valence electrons. The summed E-state index contributed by atoms with van der Waals surface area (Å²) in [5.74, 6) is -4.96. The van der Waals surface area contributed by atoms with Crippen molar-refractivity contribution < 1.29 is 22.7 Å². The van der Waals surface area contributed by atoms with E-state index < -0.39 is 34.8 Å². The Morgan fingerprint density at radius 2 is 1.87 bits per heavy atom. The SMILES string of the molecule is CC(C)(C)Oc1cccc(NC(=O)c2cc(F)nc(F)c2F)c1. The molecule has 0 bridgehead atoms. The van der Waals surface area contributed by atoms with Crippen molar-refractivity contribution in [2.75, 3.05) is 5.32 Å². The average Bonchev–Trinajstić information content (AvgIpc) is 2.41.